The maximum atomic E-state index is 13.4. The lowest BCUT2D eigenvalue weighted by Crippen LogP contribution is -2.31. The number of unbranched alkanes of at least 4 members (excludes halogenated alkanes) is 3. The summed E-state index contributed by atoms with van der Waals surface area (Å²) in [7, 11) is 1.44. The molecule has 2 rings (SSSR count). The highest BCUT2D eigenvalue weighted by atomic mass is 35.5. The van der Waals surface area contributed by atoms with Gasteiger partial charge in [-0.25, -0.2) is 9.59 Å². The van der Waals surface area contributed by atoms with Gasteiger partial charge in [0.2, 0.25) is 0 Å². The molecule has 1 atom stereocenters. The molecule has 0 aliphatic carbocycles. The predicted molar refractivity (Wildman–Crippen MR) is 175 cm³/mol. The molecule has 254 valence electrons. The Morgan fingerprint density at radius 1 is 0.957 bits per heavy atom. The van der Waals surface area contributed by atoms with Gasteiger partial charge in [0.1, 0.15) is 6.10 Å². The van der Waals surface area contributed by atoms with Gasteiger partial charge in [0.25, 0.3) is 5.09 Å². The monoisotopic (exact) mass is 664 g/mol. The minimum Gasteiger partial charge on any atom is -0.493 e. The van der Waals surface area contributed by atoms with Gasteiger partial charge in [0.05, 0.1) is 32.4 Å². The number of ether oxygens (including phenoxy) is 4. The van der Waals surface area contributed by atoms with E-state index in [1.165, 1.54) is 13.2 Å². The maximum Gasteiger partial charge on any atom is 0.344 e. The Bertz CT molecular complexity index is 1280. The molecule has 12 nitrogen and oxygen atoms in total. The second-order valence-corrected chi connectivity index (χ2v) is 10.1. The van der Waals surface area contributed by atoms with Crippen LogP contribution in [0.2, 0.25) is 0 Å². The van der Waals surface area contributed by atoms with Crippen LogP contribution in [0.25, 0.3) is 6.08 Å². The molecule has 0 fully saturated rings. The van der Waals surface area contributed by atoms with Crippen molar-refractivity contribution in [3.63, 3.8) is 0 Å². The van der Waals surface area contributed by atoms with Crippen LogP contribution in [0.3, 0.4) is 0 Å². The third kappa shape index (κ3) is 14.3. The molecule has 0 radical (unpaired) electrons. The molecule has 0 saturated heterocycles. The number of carbonyl (C=O) groups is 3. The van der Waals surface area contributed by atoms with Gasteiger partial charge >= 0.3 is 17.9 Å². The SMILES string of the molecule is CCCCC(OC(=O)CN(CC)CC)c1ccccc1C(=O)Oc1ccc(/C=C/C(=O)OCCCCCO[N+](=O)[O-])cc1OC.Cl. The fourth-order valence-electron chi connectivity index (χ4n) is 4.39. The number of carbonyl (C=O) groups excluding carboxylic acids is 3. The molecular formula is C33H45ClN2O10. The minimum absolute atomic E-state index is 0. The van der Waals surface area contributed by atoms with E-state index in [0.717, 1.165) is 25.9 Å². The molecule has 0 heterocycles. The minimum atomic E-state index is -0.838. The second-order valence-electron chi connectivity index (χ2n) is 10.1. The van der Waals surface area contributed by atoms with Crippen molar-refractivity contribution in [2.75, 3.05) is 40.0 Å². The molecule has 2 aromatic rings. The summed E-state index contributed by atoms with van der Waals surface area (Å²) in [6, 6.07) is 11.8. The average molecular weight is 665 g/mol. The van der Waals surface area contributed by atoms with Gasteiger partial charge < -0.3 is 23.8 Å². The van der Waals surface area contributed by atoms with Crippen molar-refractivity contribution >= 4 is 36.4 Å². The molecule has 0 spiro atoms. The maximum absolute atomic E-state index is 13.4. The number of hydrogen-bond acceptors (Lipinski definition) is 11. The van der Waals surface area contributed by atoms with E-state index in [2.05, 4.69) is 4.84 Å². The summed E-state index contributed by atoms with van der Waals surface area (Å²) in [5.41, 5.74) is 1.47. The molecule has 1 unspecified atom stereocenters. The third-order valence-electron chi connectivity index (χ3n) is 6.90. The molecule has 0 aromatic heterocycles. The number of methoxy groups -OCH3 is 1. The van der Waals surface area contributed by atoms with Crippen molar-refractivity contribution in [1.29, 1.82) is 0 Å². The standard InChI is InChI=1S/C33H44N2O10.ClH/c1-5-8-16-28(44-32(37)24-34(6-2)7-3)26-14-10-11-15-27(26)33(38)45-29-19-17-25(23-30(29)41-4)18-20-31(36)42-21-12-9-13-22-43-35(39)40;/h10-11,14-15,17-20,23,28H,5-9,12-13,16,21-22,24H2,1-4H3;1H/b20-18+;. The molecular weight excluding hydrogens is 620 g/mol. The van der Waals surface area contributed by atoms with Crippen molar-refractivity contribution in [2.45, 2.75) is 65.4 Å². The average Bonchev–Trinajstić information content (AvgIpc) is 3.04. The zero-order chi connectivity index (χ0) is 33.0. The largest absolute Gasteiger partial charge is 0.493 e. The fraction of sp³-hybridized carbons (Fsp3) is 0.485. The Labute approximate surface area is 276 Å². The Morgan fingerprint density at radius 3 is 2.35 bits per heavy atom. The van der Waals surface area contributed by atoms with Crippen molar-refractivity contribution in [2.24, 2.45) is 0 Å². The molecule has 0 N–H and O–H groups in total. The molecule has 2 aromatic carbocycles. The van der Waals surface area contributed by atoms with E-state index >= 15 is 0 Å². The molecule has 0 aliphatic heterocycles. The number of esters is 3. The lowest BCUT2D eigenvalue weighted by Gasteiger charge is -2.23. The van der Waals surface area contributed by atoms with E-state index in [0.29, 0.717) is 36.8 Å². The van der Waals surface area contributed by atoms with Crippen molar-refractivity contribution in [3.8, 4) is 11.5 Å². The van der Waals surface area contributed by atoms with E-state index in [1.54, 1.807) is 48.5 Å². The van der Waals surface area contributed by atoms with Gasteiger partial charge in [-0.2, -0.15) is 0 Å². The number of benzene rings is 2. The van der Waals surface area contributed by atoms with Crippen molar-refractivity contribution in [3.05, 3.63) is 75.3 Å². The van der Waals surface area contributed by atoms with E-state index < -0.39 is 23.1 Å². The van der Waals surface area contributed by atoms with Gasteiger partial charge in [-0.05, 0) is 75.0 Å². The van der Waals surface area contributed by atoms with Gasteiger partial charge in [0.15, 0.2) is 11.5 Å². The summed E-state index contributed by atoms with van der Waals surface area (Å²) in [4.78, 5) is 54.6. The summed E-state index contributed by atoms with van der Waals surface area (Å²) in [6.07, 6.45) is 6.14. The third-order valence-corrected chi connectivity index (χ3v) is 6.90. The molecule has 0 amide bonds. The number of rotatable bonds is 21. The molecule has 46 heavy (non-hydrogen) atoms. The van der Waals surface area contributed by atoms with Crippen LogP contribution < -0.4 is 9.47 Å². The van der Waals surface area contributed by atoms with E-state index in [1.807, 2.05) is 25.7 Å². The summed E-state index contributed by atoms with van der Waals surface area (Å²) in [5, 5.41) is 9.29. The zero-order valence-electron chi connectivity index (χ0n) is 26.9. The van der Waals surface area contributed by atoms with Crippen LogP contribution in [0.4, 0.5) is 0 Å². The highest BCUT2D eigenvalue weighted by molar-refractivity contribution is 5.93. The summed E-state index contributed by atoms with van der Waals surface area (Å²) >= 11 is 0. The van der Waals surface area contributed by atoms with Crippen LogP contribution in [0.5, 0.6) is 11.5 Å². The molecule has 0 saturated carbocycles. The number of halogens is 1. The quantitative estimate of drug-likeness (QED) is 0.0366. The Hall–Kier alpha value is -4.16. The topological polar surface area (TPSA) is 144 Å². The van der Waals surface area contributed by atoms with Crippen LogP contribution in [0.15, 0.2) is 48.5 Å². The Morgan fingerprint density at radius 2 is 1.67 bits per heavy atom. The van der Waals surface area contributed by atoms with E-state index in [9.17, 15) is 24.5 Å². The first-order valence-electron chi connectivity index (χ1n) is 15.2. The molecule has 0 bridgehead atoms. The first-order chi connectivity index (χ1) is 21.7. The van der Waals surface area contributed by atoms with Crippen LogP contribution in [0, 0.1) is 10.1 Å². The normalized spacial score (nSPS) is 11.4. The summed E-state index contributed by atoms with van der Waals surface area (Å²) < 4.78 is 22.2. The molecule has 13 heteroatoms. The first-order valence-corrected chi connectivity index (χ1v) is 15.2. The predicted octanol–water partition coefficient (Wildman–Crippen LogP) is 6.39. The van der Waals surface area contributed by atoms with Crippen LogP contribution in [0.1, 0.15) is 86.9 Å². The highest BCUT2D eigenvalue weighted by Gasteiger charge is 2.24. The highest BCUT2D eigenvalue weighted by Crippen LogP contribution is 2.32. The number of hydrogen-bond donors (Lipinski definition) is 0. The smallest absolute Gasteiger partial charge is 0.344 e. The van der Waals surface area contributed by atoms with Gasteiger partial charge in [-0.15, -0.1) is 22.5 Å². The van der Waals surface area contributed by atoms with Crippen molar-refractivity contribution < 1.29 is 43.3 Å². The van der Waals surface area contributed by atoms with E-state index in [-0.39, 0.29) is 55.2 Å². The summed E-state index contributed by atoms with van der Waals surface area (Å²) in [6.45, 7) is 7.81. The fourth-order valence-corrected chi connectivity index (χ4v) is 4.39. The first kappa shape index (κ1) is 39.9. The van der Waals surface area contributed by atoms with Gasteiger partial charge in [-0.1, -0.05) is 51.5 Å². The Kier molecular flexibility index (Phi) is 19.4. The number of nitrogens with zero attached hydrogens (tertiary/aromatic N) is 2. The van der Waals surface area contributed by atoms with Crippen LogP contribution in [-0.2, 0) is 23.9 Å². The van der Waals surface area contributed by atoms with Gasteiger partial charge in [0, 0.05) is 11.6 Å². The lowest BCUT2D eigenvalue weighted by molar-refractivity contribution is -0.757. The molecule has 0 aliphatic rings. The Balaban J connectivity index is 0.0000106. The lowest BCUT2D eigenvalue weighted by atomic mass is 9.98. The van der Waals surface area contributed by atoms with E-state index in [4.69, 9.17) is 18.9 Å². The van der Waals surface area contributed by atoms with Crippen molar-refractivity contribution in [1.82, 2.24) is 4.90 Å². The zero-order valence-corrected chi connectivity index (χ0v) is 27.8. The number of likely N-dealkylation sites (N-methyl/N-ethyl adjacent to an activating group) is 1. The van der Waals surface area contributed by atoms with Crippen LogP contribution >= 0.6 is 12.4 Å². The van der Waals surface area contributed by atoms with Gasteiger partial charge in [-0.3, -0.25) is 9.69 Å². The van der Waals surface area contributed by atoms with Crippen LogP contribution in [-0.4, -0.2) is 67.9 Å². The summed E-state index contributed by atoms with van der Waals surface area (Å²) in [5.74, 6) is -1.05. The second kappa shape index (κ2) is 22.4.